The summed E-state index contributed by atoms with van der Waals surface area (Å²) in [4.78, 5) is 37.8. The molecule has 1 unspecified atom stereocenters. The van der Waals surface area contributed by atoms with E-state index >= 15 is 0 Å². The van der Waals surface area contributed by atoms with E-state index in [1.54, 1.807) is 0 Å². The number of rotatable bonds is 6. The molecule has 8 nitrogen and oxygen atoms in total. The fraction of sp³-hybridized carbons (Fsp3) is 0.679. The van der Waals surface area contributed by atoms with Crippen LogP contribution in [0.15, 0.2) is 18.2 Å². The molecule has 0 radical (unpaired) electrons. The molecule has 0 spiro atoms. The van der Waals surface area contributed by atoms with Crippen LogP contribution in [0.1, 0.15) is 83.6 Å². The minimum Gasteiger partial charge on any atom is -0.444 e. The molecular formula is C28H41FN4O4. The molecule has 4 rings (SSSR count). The van der Waals surface area contributed by atoms with Gasteiger partial charge in [0.2, 0.25) is 11.8 Å². The fourth-order valence-corrected chi connectivity index (χ4v) is 5.74. The molecule has 204 valence electrons. The Labute approximate surface area is 219 Å². The predicted octanol–water partition coefficient (Wildman–Crippen LogP) is 4.31. The number of halogens is 1. The minimum absolute atomic E-state index is 0.187. The lowest BCUT2D eigenvalue weighted by molar-refractivity contribution is -0.133. The average Bonchev–Trinajstić information content (AvgIpc) is 2.82. The predicted molar refractivity (Wildman–Crippen MR) is 140 cm³/mol. The first-order valence-electron chi connectivity index (χ1n) is 13.7. The van der Waals surface area contributed by atoms with E-state index in [-0.39, 0.29) is 42.1 Å². The van der Waals surface area contributed by atoms with Crippen LogP contribution in [-0.4, -0.2) is 60.1 Å². The number of ether oxygens (including phenoxy) is 1. The summed E-state index contributed by atoms with van der Waals surface area (Å²) >= 11 is 0. The summed E-state index contributed by atoms with van der Waals surface area (Å²) in [5, 5.41) is 8.38. The van der Waals surface area contributed by atoms with Crippen molar-refractivity contribution in [1.82, 2.24) is 15.5 Å². The van der Waals surface area contributed by atoms with Crippen molar-refractivity contribution in [2.45, 2.75) is 95.7 Å². The molecular weight excluding hydrogens is 475 g/mol. The van der Waals surface area contributed by atoms with E-state index in [0.717, 1.165) is 63.7 Å². The number of imide groups is 1. The zero-order valence-corrected chi connectivity index (χ0v) is 22.3. The fourth-order valence-electron chi connectivity index (χ4n) is 5.74. The van der Waals surface area contributed by atoms with Gasteiger partial charge in [0.15, 0.2) is 0 Å². The number of anilines is 1. The molecule has 1 aliphatic carbocycles. The van der Waals surface area contributed by atoms with E-state index in [0.29, 0.717) is 18.0 Å². The van der Waals surface area contributed by atoms with Gasteiger partial charge in [0.1, 0.15) is 17.5 Å². The number of carbonyl (C=O) groups excluding carboxylic acids is 3. The van der Waals surface area contributed by atoms with Crippen molar-refractivity contribution in [3.8, 4) is 0 Å². The minimum atomic E-state index is -0.519. The third-order valence-electron chi connectivity index (χ3n) is 7.69. The lowest BCUT2D eigenvalue weighted by Gasteiger charge is -2.37. The Hall–Kier alpha value is -2.68. The number of hydrogen-bond donors (Lipinski definition) is 3. The van der Waals surface area contributed by atoms with E-state index in [4.69, 9.17) is 4.74 Å². The van der Waals surface area contributed by atoms with Crippen molar-refractivity contribution in [3.05, 3.63) is 29.6 Å². The van der Waals surface area contributed by atoms with Crippen molar-refractivity contribution in [3.63, 3.8) is 0 Å². The van der Waals surface area contributed by atoms with Crippen LogP contribution in [0.2, 0.25) is 0 Å². The number of nitrogens with zero attached hydrogens (tertiary/aromatic N) is 1. The quantitative estimate of drug-likeness (QED) is 0.488. The largest absolute Gasteiger partial charge is 0.444 e. The van der Waals surface area contributed by atoms with Crippen molar-refractivity contribution in [2.24, 2.45) is 5.92 Å². The third kappa shape index (κ3) is 7.90. The highest BCUT2D eigenvalue weighted by molar-refractivity contribution is 6.01. The van der Waals surface area contributed by atoms with Gasteiger partial charge in [0.25, 0.3) is 0 Å². The van der Waals surface area contributed by atoms with E-state index in [1.807, 2.05) is 32.9 Å². The van der Waals surface area contributed by atoms with E-state index in [1.165, 1.54) is 6.07 Å². The van der Waals surface area contributed by atoms with Gasteiger partial charge in [-0.3, -0.25) is 14.9 Å². The van der Waals surface area contributed by atoms with Gasteiger partial charge in [-0.15, -0.1) is 0 Å². The van der Waals surface area contributed by atoms with Crippen molar-refractivity contribution >= 4 is 23.6 Å². The Balaban J connectivity index is 1.19. The van der Waals surface area contributed by atoms with Crippen LogP contribution in [-0.2, 0) is 14.3 Å². The summed E-state index contributed by atoms with van der Waals surface area (Å²) in [6.45, 7) is 8.59. The molecule has 3 N–H and O–H groups in total. The number of nitrogens with one attached hydrogen (secondary N) is 3. The molecule has 9 heteroatoms. The van der Waals surface area contributed by atoms with Crippen LogP contribution >= 0.6 is 0 Å². The second kappa shape index (κ2) is 11.8. The highest BCUT2D eigenvalue weighted by Crippen LogP contribution is 2.33. The van der Waals surface area contributed by atoms with E-state index in [9.17, 15) is 18.8 Å². The molecule has 1 saturated carbocycles. The summed E-state index contributed by atoms with van der Waals surface area (Å²) in [5.74, 6) is -0.0523. The smallest absolute Gasteiger partial charge is 0.407 e. The van der Waals surface area contributed by atoms with Crippen molar-refractivity contribution in [1.29, 1.82) is 0 Å². The van der Waals surface area contributed by atoms with Gasteiger partial charge < -0.3 is 20.3 Å². The molecule has 3 fully saturated rings. The van der Waals surface area contributed by atoms with Gasteiger partial charge in [-0.05, 0) is 108 Å². The maximum absolute atomic E-state index is 15.0. The number of piperidine rings is 2. The first-order valence-corrected chi connectivity index (χ1v) is 13.7. The first-order chi connectivity index (χ1) is 17.6. The normalized spacial score (nSPS) is 25.9. The van der Waals surface area contributed by atoms with Crippen molar-refractivity contribution < 1.29 is 23.5 Å². The third-order valence-corrected chi connectivity index (χ3v) is 7.69. The number of amides is 3. The highest BCUT2D eigenvalue weighted by atomic mass is 19.1. The molecule has 0 aromatic heterocycles. The second-order valence-electron chi connectivity index (χ2n) is 11.8. The monoisotopic (exact) mass is 516 g/mol. The van der Waals surface area contributed by atoms with Crippen LogP contribution in [0.3, 0.4) is 0 Å². The molecule has 1 aromatic carbocycles. The number of likely N-dealkylation sites (tertiary alicyclic amines) is 1. The topological polar surface area (TPSA) is 99.8 Å². The number of carbonyl (C=O) groups is 3. The van der Waals surface area contributed by atoms with Crippen LogP contribution in [0.5, 0.6) is 0 Å². The molecule has 2 aliphatic heterocycles. The Morgan fingerprint density at radius 2 is 1.78 bits per heavy atom. The molecule has 37 heavy (non-hydrogen) atoms. The molecule has 2 saturated heterocycles. The van der Waals surface area contributed by atoms with Gasteiger partial charge in [-0.25, -0.2) is 9.18 Å². The SMILES string of the molecule is CC(C)(C)OC(=O)N[C@H]1CC[C@@H](CN2CCC(c3ccc(NC4CCC(=O)NC4=O)cc3F)CC2)CC1. The van der Waals surface area contributed by atoms with Gasteiger partial charge >= 0.3 is 6.09 Å². The molecule has 1 aromatic rings. The van der Waals surface area contributed by atoms with Gasteiger partial charge in [-0.1, -0.05) is 6.07 Å². The van der Waals surface area contributed by atoms with Crippen LogP contribution in [0.25, 0.3) is 0 Å². The molecule has 3 aliphatic rings. The van der Waals surface area contributed by atoms with E-state index in [2.05, 4.69) is 20.9 Å². The number of hydrogen-bond acceptors (Lipinski definition) is 6. The zero-order chi connectivity index (χ0) is 26.6. The lowest BCUT2D eigenvalue weighted by atomic mass is 9.84. The zero-order valence-electron chi connectivity index (χ0n) is 22.3. The van der Waals surface area contributed by atoms with Crippen LogP contribution in [0, 0.1) is 11.7 Å². The summed E-state index contributed by atoms with van der Waals surface area (Å²) in [5.41, 5.74) is 0.817. The Bertz CT molecular complexity index is 979. The van der Waals surface area contributed by atoms with Gasteiger partial charge in [-0.2, -0.15) is 0 Å². The van der Waals surface area contributed by atoms with Gasteiger partial charge in [0.05, 0.1) is 0 Å². The summed E-state index contributed by atoms with van der Waals surface area (Å²) < 4.78 is 20.4. The molecule has 2 heterocycles. The van der Waals surface area contributed by atoms with E-state index < -0.39 is 11.6 Å². The number of alkyl carbamates (subject to hydrolysis) is 1. The maximum atomic E-state index is 15.0. The van der Waals surface area contributed by atoms with Crippen LogP contribution < -0.4 is 16.0 Å². The summed E-state index contributed by atoms with van der Waals surface area (Å²) in [6, 6.07) is 4.80. The number of benzene rings is 1. The van der Waals surface area contributed by atoms with Crippen molar-refractivity contribution in [2.75, 3.05) is 25.0 Å². The van der Waals surface area contributed by atoms with Gasteiger partial charge in [0, 0.05) is 24.7 Å². The maximum Gasteiger partial charge on any atom is 0.407 e. The highest BCUT2D eigenvalue weighted by Gasteiger charge is 2.29. The molecule has 3 amide bonds. The van der Waals surface area contributed by atoms with Crippen LogP contribution in [0.4, 0.5) is 14.9 Å². The molecule has 1 atom stereocenters. The lowest BCUT2D eigenvalue weighted by Crippen LogP contribution is -2.47. The first kappa shape index (κ1) is 27.4. The average molecular weight is 517 g/mol. The summed E-state index contributed by atoms with van der Waals surface area (Å²) in [6.07, 6.45) is 6.35. The standard InChI is InChI=1S/C28H41FN4O4/c1-28(2,3)37-27(36)31-20-6-4-18(5-7-20)17-33-14-12-19(13-15-33)22-9-8-21(16-23(22)29)30-24-10-11-25(34)32-26(24)35/h8-9,16,18-20,24,30H,4-7,10-15,17H2,1-3H3,(H,31,36)(H,32,34,35)/t18-,20+,24?. The Kier molecular flexibility index (Phi) is 8.72. The Morgan fingerprint density at radius 3 is 2.41 bits per heavy atom. The summed E-state index contributed by atoms with van der Waals surface area (Å²) in [7, 11) is 0. The molecule has 0 bridgehead atoms. The second-order valence-corrected chi connectivity index (χ2v) is 11.8. The Morgan fingerprint density at radius 1 is 1.08 bits per heavy atom.